The van der Waals surface area contributed by atoms with E-state index >= 15 is 0 Å². The highest BCUT2D eigenvalue weighted by Crippen LogP contribution is 2.43. The number of benzene rings is 1. The first kappa shape index (κ1) is 18.9. The van der Waals surface area contributed by atoms with Crippen LogP contribution in [-0.4, -0.2) is 45.0 Å². The van der Waals surface area contributed by atoms with Crippen LogP contribution in [0.4, 0.5) is 10.8 Å². The second-order valence-electron chi connectivity index (χ2n) is 7.33. The zero-order valence-electron chi connectivity index (χ0n) is 16.0. The number of fused-ring (bicyclic) bond motifs is 3. The number of hydrogen-bond acceptors (Lipinski definition) is 7. The molecule has 0 radical (unpaired) electrons. The van der Waals surface area contributed by atoms with Crippen LogP contribution in [0.5, 0.6) is 0 Å². The molecule has 0 aliphatic carbocycles. The summed E-state index contributed by atoms with van der Waals surface area (Å²) in [5.74, 6) is -0.686. The van der Waals surface area contributed by atoms with Gasteiger partial charge in [0.15, 0.2) is 0 Å². The minimum atomic E-state index is -0.872. The summed E-state index contributed by atoms with van der Waals surface area (Å²) >= 11 is 2.83. The highest BCUT2D eigenvalue weighted by Gasteiger charge is 2.53. The van der Waals surface area contributed by atoms with Crippen LogP contribution in [0.3, 0.4) is 0 Å². The maximum Gasteiger partial charge on any atom is 0.258 e. The summed E-state index contributed by atoms with van der Waals surface area (Å²) in [4.78, 5) is 41.7. The molecule has 1 saturated heterocycles. The first-order valence-electron chi connectivity index (χ1n) is 9.37. The van der Waals surface area contributed by atoms with Gasteiger partial charge in [0.2, 0.25) is 16.9 Å². The van der Waals surface area contributed by atoms with Crippen LogP contribution in [0.25, 0.3) is 10.6 Å². The Kier molecular flexibility index (Phi) is 4.40. The largest absolute Gasteiger partial charge is 0.306 e. The lowest BCUT2D eigenvalue weighted by molar-refractivity contribution is -0.120. The van der Waals surface area contributed by atoms with E-state index in [1.807, 2.05) is 23.8 Å². The summed E-state index contributed by atoms with van der Waals surface area (Å²) in [6.07, 6.45) is 0.803. The Labute approximate surface area is 180 Å². The molecule has 8 nitrogen and oxygen atoms in total. The second kappa shape index (κ2) is 6.99. The number of aromatic nitrogens is 2. The number of nitrogens with one attached hydrogen (secondary N) is 1. The van der Waals surface area contributed by atoms with E-state index in [0.717, 1.165) is 5.56 Å². The molecule has 30 heavy (non-hydrogen) atoms. The fourth-order valence-corrected chi connectivity index (χ4v) is 5.49. The molecule has 1 unspecified atom stereocenters. The van der Waals surface area contributed by atoms with Crippen molar-refractivity contribution < 1.29 is 14.4 Å². The summed E-state index contributed by atoms with van der Waals surface area (Å²) in [6, 6.07) is 8.96. The maximum atomic E-state index is 13.2. The molecule has 0 spiro atoms. The molecule has 3 amide bonds. The summed E-state index contributed by atoms with van der Waals surface area (Å²) in [5, 5.41) is 15.9. The summed E-state index contributed by atoms with van der Waals surface area (Å²) < 4.78 is 0. The van der Waals surface area contributed by atoms with Gasteiger partial charge in [-0.05, 0) is 36.9 Å². The molecular weight excluding hydrogens is 422 g/mol. The van der Waals surface area contributed by atoms with Gasteiger partial charge >= 0.3 is 0 Å². The van der Waals surface area contributed by atoms with Crippen molar-refractivity contribution in [2.24, 2.45) is 0 Å². The van der Waals surface area contributed by atoms with Crippen molar-refractivity contribution >= 4 is 51.2 Å². The molecule has 1 fully saturated rings. The number of anilines is 2. The van der Waals surface area contributed by atoms with Crippen LogP contribution >= 0.6 is 22.7 Å². The first-order chi connectivity index (χ1) is 14.5. The summed E-state index contributed by atoms with van der Waals surface area (Å²) in [5.41, 5.74) is 1.11. The Bertz CT molecular complexity index is 1160. The van der Waals surface area contributed by atoms with Gasteiger partial charge in [0, 0.05) is 17.4 Å². The van der Waals surface area contributed by atoms with Gasteiger partial charge in [-0.3, -0.25) is 24.6 Å². The Balaban J connectivity index is 1.39. The first-order valence-corrected chi connectivity index (χ1v) is 11.1. The van der Waals surface area contributed by atoms with E-state index in [2.05, 4.69) is 15.5 Å². The van der Waals surface area contributed by atoms with E-state index < -0.39 is 5.66 Å². The Hall–Kier alpha value is -3.11. The quantitative estimate of drug-likeness (QED) is 0.674. The number of rotatable bonds is 4. The van der Waals surface area contributed by atoms with Gasteiger partial charge in [-0.25, -0.2) is 0 Å². The minimum Gasteiger partial charge on any atom is -0.306 e. The summed E-state index contributed by atoms with van der Waals surface area (Å²) in [7, 11) is 0. The molecule has 4 heterocycles. The average molecular weight is 440 g/mol. The number of carbonyl (C=O) groups is 3. The Morgan fingerprint density at radius 3 is 2.87 bits per heavy atom. The lowest BCUT2D eigenvalue weighted by Crippen LogP contribution is -2.63. The van der Waals surface area contributed by atoms with Gasteiger partial charge in [0.05, 0.1) is 11.3 Å². The van der Waals surface area contributed by atoms with E-state index in [1.54, 1.807) is 40.5 Å². The predicted molar refractivity (Wildman–Crippen MR) is 114 cm³/mol. The Morgan fingerprint density at radius 2 is 2.07 bits per heavy atom. The molecule has 5 rings (SSSR count). The average Bonchev–Trinajstić information content (AvgIpc) is 3.46. The van der Waals surface area contributed by atoms with Crippen LogP contribution in [0.2, 0.25) is 0 Å². The fraction of sp³-hybridized carbons (Fsp3) is 0.250. The number of amides is 3. The molecule has 1 atom stereocenters. The predicted octanol–water partition coefficient (Wildman–Crippen LogP) is 3.20. The number of carbonyl (C=O) groups excluding carboxylic acids is 3. The zero-order valence-corrected chi connectivity index (χ0v) is 17.6. The molecule has 0 saturated carbocycles. The molecule has 10 heteroatoms. The molecule has 152 valence electrons. The van der Waals surface area contributed by atoms with Crippen molar-refractivity contribution in [3.63, 3.8) is 0 Å². The van der Waals surface area contributed by atoms with Gasteiger partial charge in [-0.2, -0.15) is 11.3 Å². The lowest BCUT2D eigenvalue weighted by Gasteiger charge is -2.48. The molecular formula is C20H17N5O3S2. The van der Waals surface area contributed by atoms with Gasteiger partial charge < -0.3 is 4.90 Å². The molecule has 2 aliphatic heterocycles. The molecule has 2 aromatic heterocycles. The van der Waals surface area contributed by atoms with Gasteiger partial charge in [0.25, 0.3) is 5.91 Å². The minimum absolute atomic E-state index is 0.0487. The molecule has 2 aliphatic rings. The van der Waals surface area contributed by atoms with Crippen molar-refractivity contribution in [1.82, 2.24) is 15.1 Å². The molecule has 1 aromatic carbocycles. The maximum absolute atomic E-state index is 13.2. The Morgan fingerprint density at radius 1 is 1.23 bits per heavy atom. The lowest BCUT2D eigenvalue weighted by atomic mass is 9.98. The third-order valence-electron chi connectivity index (χ3n) is 5.49. The number of nitrogens with zero attached hydrogens (tertiary/aromatic N) is 4. The van der Waals surface area contributed by atoms with Gasteiger partial charge in [-0.15, -0.1) is 10.2 Å². The van der Waals surface area contributed by atoms with Crippen molar-refractivity contribution in [3.05, 3.63) is 46.7 Å². The highest BCUT2D eigenvalue weighted by atomic mass is 32.1. The van der Waals surface area contributed by atoms with E-state index in [-0.39, 0.29) is 24.3 Å². The number of hydrogen-bond donors (Lipinski definition) is 1. The smallest absolute Gasteiger partial charge is 0.258 e. The van der Waals surface area contributed by atoms with Crippen LogP contribution in [-0.2, 0) is 9.59 Å². The molecule has 1 N–H and O–H groups in total. The van der Waals surface area contributed by atoms with Crippen molar-refractivity contribution in [2.75, 3.05) is 16.8 Å². The normalized spacial score (nSPS) is 20.3. The van der Waals surface area contributed by atoms with Crippen LogP contribution < -0.4 is 10.2 Å². The third kappa shape index (κ3) is 2.91. The van der Waals surface area contributed by atoms with Crippen molar-refractivity contribution in [3.8, 4) is 10.6 Å². The van der Waals surface area contributed by atoms with Gasteiger partial charge in [-0.1, -0.05) is 23.5 Å². The van der Waals surface area contributed by atoms with Crippen LogP contribution in [0, 0.1) is 0 Å². The second-order valence-corrected chi connectivity index (χ2v) is 9.08. The number of para-hydroxylation sites is 1. The van der Waals surface area contributed by atoms with Crippen molar-refractivity contribution in [1.29, 1.82) is 0 Å². The molecule has 3 aromatic rings. The van der Waals surface area contributed by atoms with E-state index in [0.29, 0.717) is 34.2 Å². The van der Waals surface area contributed by atoms with Crippen LogP contribution in [0.15, 0.2) is 41.1 Å². The fourth-order valence-electron chi connectivity index (χ4n) is 4.02. The number of thiophene rings is 1. The third-order valence-corrected chi connectivity index (χ3v) is 7.06. The van der Waals surface area contributed by atoms with Crippen molar-refractivity contribution in [2.45, 2.75) is 25.4 Å². The zero-order chi connectivity index (χ0) is 20.9. The van der Waals surface area contributed by atoms with E-state index in [4.69, 9.17) is 0 Å². The SMILES string of the molecule is CC12CCC(=O)N1c1ccccc1C(=O)N2CC(=O)Nc1nnc(-c2ccsc2)s1. The van der Waals surface area contributed by atoms with E-state index in [9.17, 15) is 14.4 Å². The summed E-state index contributed by atoms with van der Waals surface area (Å²) in [6.45, 7) is 1.65. The topological polar surface area (TPSA) is 95.5 Å². The van der Waals surface area contributed by atoms with Crippen LogP contribution in [0.1, 0.15) is 30.1 Å². The molecule has 0 bridgehead atoms. The van der Waals surface area contributed by atoms with E-state index in [1.165, 1.54) is 16.2 Å². The standard InChI is InChI=1S/C20H17N5O3S2/c1-20-8-6-16(27)25(20)14-5-3-2-4-13(14)18(28)24(20)10-15(26)21-19-23-22-17(30-19)12-7-9-29-11-12/h2-5,7,9,11H,6,8,10H2,1H3,(H,21,23,26). The monoisotopic (exact) mass is 439 g/mol. The van der Waals surface area contributed by atoms with Gasteiger partial charge in [0.1, 0.15) is 17.2 Å². The highest BCUT2D eigenvalue weighted by molar-refractivity contribution is 7.19.